The fraction of sp³-hybridized carbons (Fsp3) is 0.400. The molecule has 2 heterocycles. The molecule has 24 heavy (non-hydrogen) atoms. The number of hydrogen-bond acceptors (Lipinski definition) is 4. The summed E-state index contributed by atoms with van der Waals surface area (Å²) in [6.07, 6.45) is 1.06. The van der Waals surface area contributed by atoms with Crippen molar-refractivity contribution in [3.8, 4) is 11.5 Å². The van der Waals surface area contributed by atoms with Crippen molar-refractivity contribution in [1.82, 2.24) is 10.6 Å². The molecule has 2 aromatic carbocycles. The van der Waals surface area contributed by atoms with E-state index < -0.39 is 0 Å². The van der Waals surface area contributed by atoms with Crippen LogP contribution in [0.25, 0.3) is 0 Å². The van der Waals surface area contributed by atoms with Crippen LogP contribution in [0.1, 0.15) is 12.0 Å². The molecule has 4 heteroatoms. The van der Waals surface area contributed by atoms with Crippen LogP contribution >= 0.6 is 0 Å². The zero-order valence-corrected chi connectivity index (χ0v) is 13.8. The van der Waals surface area contributed by atoms with E-state index in [9.17, 15) is 0 Å². The average Bonchev–Trinajstić information content (AvgIpc) is 3.06. The number of rotatable bonds is 5. The average molecular weight is 324 g/mol. The van der Waals surface area contributed by atoms with Gasteiger partial charge in [0, 0.05) is 43.3 Å². The van der Waals surface area contributed by atoms with Gasteiger partial charge in [-0.25, -0.2) is 0 Å². The van der Waals surface area contributed by atoms with Crippen molar-refractivity contribution in [2.45, 2.75) is 18.5 Å². The molecule has 2 unspecified atom stereocenters. The monoisotopic (exact) mass is 324 g/mol. The van der Waals surface area contributed by atoms with Crippen LogP contribution in [0.3, 0.4) is 0 Å². The number of nitrogens with one attached hydrogen (secondary N) is 2. The second-order valence-corrected chi connectivity index (χ2v) is 6.69. The summed E-state index contributed by atoms with van der Waals surface area (Å²) in [6, 6.07) is 18.2. The zero-order chi connectivity index (χ0) is 16.2. The summed E-state index contributed by atoms with van der Waals surface area (Å²) >= 11 is 0. The Balaban J connectivity index is 1.49. The molecule has 2 atom stereocenters. The number of ether oxygens (including phenoxy) is 2. The first kappa shape index (κ1) is 15.6. The van der Waals surface area contributed by atoms with E-state index in [2.05, 4.69) is 22.8 Å². The molecule has 0 aromatic heterocycles. The lowest BCUT2D eigenvalue weighted by atomic mass is 9.83. The molecule has 126 valence electrons. The molecule has 0 saturated carbocycles. The molecule has 4 nitrogen and oxygen atoms in total. The molecule has 2 fully saturated rings. The van der Waals surface area contributed by atoms with Crippen LogP contribution in [0.4, 0.5) is 0 Å². The van der Waals surface area contributed by atoms with Crippen LogP contribution in [-0.2, 0) is 11.3 Å². The molecule has 2 aromatic rings. The van der Waals surface area contributed by atoms with E-state index in [1.807, 2.05) is 42.5 Å². The highest BCUT2D eigenvalue weighted by Gasteiger charge is 2.44. The summed E-state index contributed by atoms with van der Waals surface area (Å²) in [6.45, 7) is 4.55. The van der Waals surface area contributed by atoms with Crippen LogP contribution < -0.4 is 15.4 Å². The minimum absolute atomic E-state index is 0.151. The Labute approximate surface area is 143 Å². The highest BCUT2D eigenvalue weighted by Crippen LogP contribution is 2.31. The number of benzene rings is 2. The van der Waals surface area contributed by atoms with Gasteiger partial charge in [0.25, 0.3) is 0 Å². The number of fused-ring (bicyclic) bond motifs is 1. The topological polar surface area (TPSA) is 42.5 Å². The number of para-hydroxylation sites is 2. The molecule has 0 spiro atoms. The molecule has 0 amide bonds. The minimum Gasteiger partial charge on any atom is -0.457 e. The quantitative estimate of drug-likeness (QED) is 0.887. The first-order chi connectivity index (χ1) is 11.9. The predicted molar refractivity (Wildman–Crippen MR) is 94.3 cm³/mol. The van der Waals surface area contributed by atoms with Gasteiger partial charge in [0.15, 0.2) is 0 Å². The van der Waals surface area contributed by atoms with Crippen molar-refractivity contribution in [2.75, 3.05) is 26.3 Å². The Morgan fingerprint density at radius 1 is 1.12 bits per heavy atom. The van der Waals surface area contributed by atoms with Crippen molar-refractivity contribution in [2.24, 2.45) is 5.92 Å². The maximum absolute atomic E-state index is 6.08. The fourth-order valence-corrected chi connectivity index (χ4v) is 3.73. The van der Waals surface area contributed by atoms with Gasteiger partial charge in [0.05, 0.1) is 6.61 Å². The van der Waals surface area contributed by atoms with Gasteiger partial charge in [0.2, 0.25) is 0 Å². The summed E-state index contributed by atoms with van der Waals surface area (Å²) in [7, 11) is 0. The van der Waals surface area contributed by atoms with Gasteiger partial charge in [-0.15, -0.1) is 0 Å². The van der Waals surface area contributed by atoms with Gasteiger partial charge >= 0.3 is 0 Å². The molecule has 2 N–H and O–H groups in total. The molecule has 0 bridgehead atoms. The highest BCUT2D eigenvalue weighted by molar-refractivity contribution is 5.37. The van der Waals surface area contributed by atoms with E-state index in [1.54, 1.807) is 0 Å². The van der Waals surface area contributed by atoms with Crippen LogP contribution in [0, 0.1) is 5.92 Å². The normalized spacial score (nSPS) is 26.1. The van der Waals surface area contributed by atoms with E-state index in [4.69, 9.17) is 9.47 Å². The summed E-state index contributed by atoms with van der Waals surface area (Å²) in [5.74, 6) is 2.34. The number of hydrogen-bond donors (Lipinski definition) is 2. The molecular formula is C20H24N2O2. The lowest BCUT2D eigenvalue weighted by Gasteiger charge is -2.39. The molecule has 2 aliphatic rings. The Morgan fingerprint density at radius 2 is 1.96 bits per heavy atom. The fourth-order valence-electron chi connectivity index (χ4n) is 3.73. The van der Waals surface area contributed by atoms with E-state index in [0.717, 1.165) is 50.8 Å². The third-order valence-electron chi connectivity index (χ3n) is 5.20. The smallest absolute Gasteiger partial charge is 0.131 e. The molecule has 0 radical (unpaired) electrons. The summed E-state index contributed by atoms with van der Waals surface area (Å²) < 4.78 is 11.7. The third kappa shape index (κ3) is 3.18. The lowest BCUT2D eigenvalue weighted by Crippen LogP contribution is -2.55. The van der Waals surface area contributed by atoms with Gasteiger partial charge in [0.1, 0.15) is 11.5 Å². The molecule has 4 rings (SSSR count). The predicted octanol–water partition coefficient (Wildman–Crippen LogP) is 2.95. The first-order valence-corrected chi connectivity index (χ1v) is 8.70. The van der Waals surface area contributed by atoms with Gasteiger partial charge in [-0.2, -0.15) is 0 Å². The van der Waals surface area contributed by atoms with Gasteiger partial charge in [-0.05, 0) is 24.6 Å². The van der Waals surface area contributed by atoms with Crippen LogP contribution in [0.15, 0.2) is 54.6 Å². The van der Waals surface area contributed by atoms with E-state index in [1.165, 1.54) is 5.56 Å². The van der Waals surface area contributed by atoms with Crippen LogP contribution in [0.2, 0.25) is 0 Å². The minimum atomic E-state index is 0.151. The SMILES string of the molecule is c1ccc(Oc2ccccc2CNC23CCOCC2CNC3)cc1. The first-order valence-electron chi connectivity index (χ1n) is 8.70. The largest absolute Gasteiger partial charge is 0.457 e. The maximum atomic E-state index is 6.08. The van der Waals surface area contributed by atoms with Crippen LogP contribution in [0.5, 0.6) is 11.5 Å². The summed E-state index contributed by atoms with van der Waals surface area (Å²) in [4.78, 5) is 0. The molecule has 2 aliphatic heterocycles. The highest BCUT2D eigenvalue weighted by atomic mass is 16.5. The second kappa shape index (κ2) is 6.93. The van der Waals surface area contributed by atoms with E-state index in [0.29, 0.717) is 5.92 Å². The van der Waals surface area contributed by atoms with Crippen molar-refractivity contribution in [3.05, 3.63) is 60.2 Å². The Hall–Kier alpha value is -1.88. The van der Waals surface area contributed by atoms with Crippen molar-refractivity contribution in [3.63, 3.8) is 0 Å². The lowest BCUT2D eigenvalue weighted by molar-refractivity contribution is 0.00865. The Bertz CT molecular complexity index is 676. The standard InChI is InChI=1S/C20H24N2O2/c1-2-7-18(8-3-1)24-19-9-5-4-6-16(19)12-22-20-10-11-23-14-17(20)13-21-15-20/h1-9,17,21-22H,10-15H2. The maximum Gasteiger partial charge on any atom is 0.131 e. The van der Waals surface area contributed by atoms with Gasteiger partial charge in [-0.3, -0.25) is 0 Å². The Morgan fingerprint density at radius 3 is 2.88 bits per heavy atom. The molecular weight excluding hydrogens is 300 g/mol. The second-order valence-electron chi connectivity index (χ2n) is 6.69. The molecule has 0 aliphatic carbocycles. The zero-order valence-electron chi connectivity index (χ0n) is 13.8. The van der Waals surface area contributed by atoms with Crippen molar-refractivity contribution >= 4 is 0 Å². The molecule has 2 saturated heterocycles. The van der Waals surface area contributed by atoms with Gasteiger partial charge < -0.3 is 20.1 Å². The van der Waals surface area contributed by atoms with Crippen LogP contribution in [-0.4, -0.2) is 31.8 Å². The van der Waals surface area contributed by atoms with E-state index in [-0.39, 0.29) is 5.54 Å². The van der Waals surface area contributed by atoms with Crippen molar-refractivity contribution in [1.29, 1.82) is 0 Å². The Kier molecular flexibility index (Phi) is 4.52. The third-order valence-corrected chi connectivity index (χ3v) is 5.20. The summed E-state index contributed by atoms with van der Waals surface area (Å²) in [5.41, 5.74) is 1.34. The van der Waals surface area contributed by atoms with E-state index >= 15 is 0 Å². The summed E-state index contributed by atoms with van der Waals surface area (Å²) in [5, 5.41) is 7.34. The van der Waals surface area contributed by atoms with Crippen molar-refractivity contribution < 1.29 is 9.47 Å². The van der Waals surface area contributed by atoms with Gasteiger partial charge in [-0.1, -0.05) is 36.4 Å².